The number of hydrogen-bond acceptors (Lipinski definition) is 1. The van der Waals surface area contributed by atoms with Gasteiger partial charge in [0.05, 0.1) is 0 Å². The number of halogens is 1. The lowest BCUT2D eigenvalue weighted by molar-refractivity contribution is -0.128. The quantitative estimate of drug-likeness (QED) is 0.691. The van der Waals surface area contributed by atoms with Crippen LogP contribution in [0.2, 0.25) is 0 Å². The summed E-state index contributed by atoms with van der Waals surface area (Å²) in [5.41, 5.74) is -0.222. The molecular formula is C11H21BrO. The zero-order valence-corrected chi connectivity index (χ0v) is 11.1. The van der Waals surface area contributed by atoms with E-state index in [0.29, 0.717) is 17.8 Å². The van der Waals surface area contributed by atoms with Crippen molar-refractivity contribution < 1.29 is 4.79 Å². The predicted molar refractivity (Wildman–Crippen MR) is 60.9 cm³/mol. The Hall–Kier alpha value is 0.150. The van der Waals surface area contributed by atoms with Crippen LogP contribution in [0.1, 0.15) is 41.5 Å². The minimum Gasteiger partial charge on any atom is -0.286 e. The number of carbonyl (C=O) groups is 1. The Bertz CT molecular complexity index is 161. The summed E-state index contributed by atoms with van der Waals surface area (Å²) in [6, 6.07) is 0. The summed E-state index contributed by atoms with van der Waals surface area (Å²) in [6.45, 7) is 12.7. The van der Waals surface area contributed by atoms with E-state index in [1.165, 1.54) is 0 Å². The molecule has 0 rings (SSSR count). The average Bonchev–Trinajstić information content (AvgIpc) is 1.82. The van der Waals surface area contributed by atoms with Crippen molar-refractivity contribution in [2.24, 2.45) is 23.2 Å². The van der Waals surface area contributed by atoms with Gasteiger partial charge in [0.2, 0.25) is 4.69 Å². The van der Waals surface area contributed by atoms with Crippen LogP contribution in [0, 0.1) is 23.2 Å². The van der Waals surface area contributed by atoms with E-state index in [0.717, 1.165) is 0 Å². The molecule has 2 heteroatoms. The van der Waals surface area contributed by atoms with Gasteiger partial charge in [-0.3, -0.25) is 4.79 Å². The first-order chi connectivity index (χ1) is 5.77. The van der Waals surface area contributed by atoms with Gasteiger partial charge in [0.1, 0.15) is 0 Å². The molecule has 13 heavy (non-hydrogen) atoms. The lowest BCUT2D eigenvalue weighted by Gasteiger charge is -2.41. The van der Waals surface area contributed by atoms with E-state index in [1.807, 2.05) is 0 Å². The fourth-order valence-electron chi connectivity index (χ4n) is 2.68. The van der Waals surface area contributed by atoms with Crippen molar-refractivity contribution in [2.75, 3.05) is 0 Å². The number of carbonyl (C=O) groups excluding carboxylic acids is 1. The van der Waals surface area contributed by atoms with Crippen LogP contribution in [0.15, 0.2) is 0 Å². The molecule has 1 nitrogen and oxygen atoms in total. The van der Waals surface area contributed by atoms with E-state index < -0.39 is 0 Å². The molecule has 0 heterocycles. The van der Waals surface area contributed by atoms with Crippen LogP contribution < -0.4 is 0 Å². The summed E-state index contributed by atoms with van der Waals surface area (Å²) in [5.74, 6) is 1.12. The normalized spacial score (nSPS) is 13.1. The van der Waals surface area contributed by atoms with Gasteiger partial charge in [-0.2, -0.15) is 0 Å². The van der Waals surface area contributed by atoms with E-state index >= 15 is 0 Å². The van der Waals surface area contributed by atoms with Crippen LogP contribution in [0.25, 0.3) is 0 Å². The van der Waals surface area contributed by atoms with Crippen LogP contribution >= 0.6 is 15.9 Å². The van der Waals surface area contributed by atoms with Gasteiger partial charge in [0.25, 0.3) is 0 Å². The van der Waals surface area contributed by atoms with Crippen LogP contribution in [-0.4, -0.2) is 4.69 Å². The molecule has 0 bridgehead atoms. The molecular weight excluding hydrogens is 228 g/mol. The smallest absolute Gasteiger partial charge is 0.204 e. The molecule has 0 saturated heterocycles. The van der Waals surface area contributed by atoms with E-state index in [1.54, 1.807) is 0 Å². The lowest BCUT2D eigenvalue weighted by atomic mass is 9.63. The lowest BCUT2D eigenvalue weighted by Crippen LogP contribution is -2.43. The van der Waals surface area contributed by atoms with Crippen molar-refractivity contribution in [3.63, 3.8) is 0 Å². The molecule has 0 saturated carbocycles. The standard InChI is InChI=1S/C11H21BrO/c1-7(2)11(8(3)4,9(5)6)10(12)13/h7-9H,1-6H3. The zero-order valence-electron chi connectivity index (χ0n) is 9.52. The Kier molecular flexibility index (Phi) is 4.64. The van der Waals surface area contributed by atoms with Gasteiger partial charge in [-0.05, 0) is 33.7 Å². The maximum Gasteiger partial charge on any atom is 0.204 e. The second-order valence-corrected chi connectivity index (χ2v) is 5.39. The molecule has 0 N–H and O–H groups in total. The van der Waals surface area contributed by atoms with Crippen molar-refractivity contribution >= 4 is 20.6 Å². The average molecular weight is 249 g/mol. The van der Waals surface area contributed by atoms with Gasteiger partial charge in [-0.1, -0.05) is 41.5 Å². The minimum absolute atomic E-state index is 0.153. The molecule has 0 aliphatic rings. The highest BCUT2D eigenvalue weighted by atomic mass is 79.9. The molecule has 0 aliphatic carbocycles. The predicted octanol–water partition coefficient (Wildman–Crippen LogP) is 3.86. The van der Waals surface area contributed by atoms with Crippen molar-refractivity contribution in [1.82, 2.24) is 0 Å². The first kappa shape index (κ1) is 13.2. The van der Waals surface area contributed by atoms with E-state index in [4.69, 9.17) is 0 Å². The molecule has 0 aromatic carbocycles. The largest absolute Gasteiger partial charge is 0.286 e. The first-order valence-corrected chi connectivity index (χ1v) is 5.77. The van der Waals surface area contributed by atoms with E-state index in [2.05, 4.69) is 57.5 Å². The zero-order chi connectivity index (χ0) is 10.8. The molecule has 78 valence electrons. The van der Waals surface area contributed by atoms with Crippen LogP contribution in [-0.2, 0) is 4.79 Å². The Labute approximate surface area is 90.4 Å². The second-order valence-electron chi connectivity index (χ2n) is 4.67. The number of hydrogen-bond donors (Lipinski definition) is 0. The molecule has 0 spiro atoms. The SMILES string of the molecule is CC(C)C(C(=O)Br)(C(C)C)C(C)C. The summed E-state index contributed by atoms with van der Waals surface area (Å²) in [5, 5.41) is 0. The fraction of sp³-hybridized carbons (Fsp3) is 0.909. The summed E-state index contributed by atoms with van der Waals surface area (Å²) in [6.07, 6.45) is 0. The van der Waals surface area contributed by atoms with Gasteiger partial charge >= 0.3 is 0 Å². The highest BCUT2D eigenvalue weighted by Gasteiger charge is 2.45. The van der Waals surface area contributed by atoms with Gasteiger partial charge in [0, 0.05) is 5.41 Å². The third-order valence-electron chi connectivity index (χ3n) is 3.21. The molecule has 0 fully saturated rings. The van der Waals surface area contributed by atoms with E-state index in [9.17, 15) is 4.79 Å². The number of rotatable bonds is 4. The topological polar surface area (TPSA) is 17.1 Å². The Morgan fingerprint density at radius 3 is 1.15 bits per heavy atom. The Balaban J connectivity index is 5.19. The Morgan fingerprint density at radius 1 is 0.923 bits per heavy atom. The third-order valence-corrected chi connectivity index (χ3v) is 3.89. The minimum atomic E-state index is -0.222. The van der Waals surface area contributed by atoms with Gasteiger partial charge in [0.15, 0.2) is 0 Å². The molecule has 0 aromatic rings. The maximum atomic E-state index is 11.7. The Morgan fingerprint density at radius 2 is 1.15 bits per heavy atom. The first-order valence-electron chi connectivity index (χ1n) is 4.97. The highest BCUT2D eigenvalue weighted by Crippen LogP contribution is 2.45. The molecule has 0 aliphatic heterocycles. The summed E-state index contributed by atoms with van der Waals surface area (Å²) >= 11 is 3.16. The van der Waals surface area contributed by atoms with Gasteiger partial charge in [-0.25, -0.2) is 0 Å². The fourth-order valence-corrected chi connectivity index (χ4v) is 4.05. The van der Waals surface area contributed by atoms with Crippen LogP contribution in [0.4, 0.5) is 0 Å². The molecule has 0 atom stereocenters. The van der Waals surface area contributed by atoms with Gasteiger partial charge < -0.3 is 0 Å². The summed E-state index contributed by atoms with van der Waals surface area (Å²) < 4.78 is 0.153. The van der Waals surface area contributed by atoms with Gasteiger partial charge in [-0.15, -0.1) is 0 Å². The molecule has 0 aromatic heterocycles. The summed E-state index contributed by atoms with van der Waals surface area (Å²) in [4.78, 5) is 11.7. The van der Waals surface area contributed by atoms with Crippen molar-refractivity contribution in [1.29, 1.82) is 0 Å². The molecule has 0 amide bonds. The molecule has 0 unspecified atom stereocenters. The van der Waals surface area contributed by atoms with Crippen molar-refractivity contribution in [3.05, 3.63) is 0 Å². The molecule has 0 radical (unpaired) electrons. The third kappa shape index (κ3) is 2.15. The van der Waals surface area contributed by atoms with Crippen LogP contribution in [0.5, 0.6) is 0 Å². The van der Waals surface area contributed by atoms with E-state index in [-0.39, 0.29) is 10.1 Å². The summed E-state index contributed by atoms with van der Waals surface area (Å²) in [7, 11) is 0. The maximum absolute atomic E-state index is 11.7. The second kappa shape index (κ2) is 4.59. The van der Waals surface area contributed by atoms with Crippen molar-refractivity contribution in [2.45, 2.75) is 41.5 Å². The van der Waals surface area contributed by atoms with Crippen molar-refractivity contribution in [3.8, 4) is 0 Å². The van der Waals surface area contributed by atoms with Crippen LogP contribution in [0.3, 0.4) is 0 Å². The monoisotopic (exact) mass is 248 g/mol. The highest BCUT2D eigenvalue weighted by molar-refractivity contribution is 9.18.